The number of rotatable bonds is 5. The molecule has 0 aromatic heterocycles. The molecule has 3 heteroatoms. The Balaban J connectivity index is 0.00000225. The van der Waals surface area contributed by atoms with Crippen molar-refractivity contribution < 1.29 is 20.4 Å². The van der Waals surface area contributed by atoms with Crippen LogP contribution in [0.15, 0.2) is 12.2 Å². The summed E-state index contributed by atoms with van der Waals surface area (Å²) in [7, 11) is 0.0664. The second-order valence-corrected chi connectivity index (χ2v) is 12.3. The SMILES string of the molecule is CC=CCC1(P(C2CCCCC2)C2CCCCC2)CCCCC1Cl.[Pd+2]. The fraction of sp³-hybridized carbons (Fsp3) is 0.909. The van der Waals surface area contributed by atoms with Gasteiger partial charge < -0.3 is 0 Å². The van der Waals surface area contributed by atoms with Crippen molar-refractivity contribution in [1.29, 1.82) is 0 Å². The summed E-state index contributed by atoms with van der Waals surface area (Å²) >= 11 is 7.19. The zero-order chi connectivity index (χ0) is 16.8. The normalized spacial score (nSPS) is 32.8. The van der Waals surface area contributed by atoms with Crippen LogP contribution in [0.2, 0.25) is 0 Å². The summed E-state index contributed by atoms with van der Waals surface area (Å²) in [5.74, 6) is 0. The number of alkyl halides is 1. The molecule has 2 atom stereocenters. The first-order valence-electron chi connectivity index (χ1n) is 10.8. The van der Waals surface area contributed by atoms with E-state index < -0.39 is 0 Å². The Kier molecular flexibility index (Phi) is 10.0. The van der Waals surface area contributed by atoms with Gasteiger partial charge in [0.15, 0.2) is 0 Å². The van der Waals surface area contributed by atoms with Crippen LogP contribution in [0.25, 0.3) is 0 Å². The minimum atomic E-state index is 0. The molecule has 3 aliphatic rings. The molecular formula is C22H38ClPPd+2. The van der Waals surface area contributed by atoms with Gasteiger partial charge in [0.25, 0.3) is 0 Å². The fourth-order valence-electron chi connectivity index (χ4n) is 5.87. The van der Waals surface area contributed by atoms with Gasteiger partial charge in [-0.3, -0.25) is 0 Å². The van der Waals surface area contributed by atoms with E-state index in [-0.39, 0.29) is 28.3 Å². The van der Waals surface area contributed by atoms with E-state index in [2.05, 4.69) is 19.1 Å². The molecule has 3 fully saturated rings. The minimum Gasteiger partial charge on any atom is -0.122 e. The van der Waals surface area contributed by atoms with Gasteiger partial charge in [-0.2, -0.15) is 0 Å². The Morgan fingerprint density at radius 3 is 1.84 bits per heavy atom. The van der Waals surface area contributed by atoms with E-state index in [1.54, 1.807) is 0 Å². The van der Waals surface area contributed by atoms with Gasteiger partial charge in [0, 0.05) is 10.5 Å². The molecule has 0 aromatic carbocycles. The summed E-state index contributed by atoms with van der Waals surface area (Å²) < 4.78 is 0. The van der Waals surface area contributed by atoms with E-state index >= 15 is 0 Å². The average Bonchev–Trinajstić information content (AvgIpc) is 2.64. The van der Waals surface area contributed by atoms with Crippen molar-refractivity contribution in [3.05, 3.63) is 12.2 Å². The molecule has 25 heavy (non-hydrogen) atoms. The third-order valence-electron chi connectivity index (χ3n) is 7.06. The molecule has 0 nitrogen and oxygen atoms in total. The van der Waals surface area contributed by atoms with Crippen LogP contribution in [0.5, 0.6) is 0 Å². The third kappa shape index (κ3) is 5.35. The quantitative estimate of drug-likeness (QED) is 0.164. The summed E-state index contributed by atoms with van der Waals surface area (Å²) in [6, 6.07) is 0. The predicted octanol–water partition coefficient (Wildman–Crippen LogP) is 8.02. The van der Waals surface area contributed by atoms with Gasteiger partial charge >= 0.3 is 20.4 Å². The van der Waals surface area contributed by atoms with Crippen molar-refractivity contribution in [2.75, 3.05) is 0 Å². The second kappa shape index (κ2) is 11.2. The van der Waals surface area contributed by atoms with Crippen molar-refractivity contribution in [3.8, 4) is 0 Å². The molecule has 146 valence electrons. The monoisotopic (exact) mass is 474 g/mol. The maximum absolute atomic E-state index is 7.19. The van der Waals surface area contributed by atoms with Crippen LogP contribution in [0.1, 0.15) is 103 Å². The Morgan fingerprint density at radius 1 is 0.840 bits per heavy atom. The summed E-state index contributed by atoms with van der Waals surface area (Å²) in [4.78, 5) is 0. The molecule has 0 spiro atoms. The summed E-state index contributed by atoms with van der Waals surface area (Å²) in [5.41, 5.74) is 2.06. The first-order chi connectivity index (χ1) is 11.8. The number of halogens is 1. The maximum atomic E-state index is 7.19. The van der Waals surface area contributed by atoms with E-state index in [9.17, 15) is 0 Å². The molecule has 0 N–H and O–H groups in total. The van der Waals surface area contributed by atoms with E-state index in [0.29, 0.717) is 10.5 Å². The Labute approximate surface area is 176 Å². The Hall–Kier alpha value is 1.12. The number of allylic oxidation sites excluding steroid dienone is 2. The maximum Gasteiger partial charge on any atom is 2.00 e. The minimum absolute atomic E-state index is 0. The molecule has 3 aliphatic carbocycles. The van der Waals surface area contributed by atoms with Crippen LogP contribution in [-0.4, -0.2) is 21.9 Å². The summed E-state index contributed by atoms with van der Waals surface area (Å²) in [6.07, 6.45) is 26.5. The van der Waals surface area contributed by atoms with Gasteiger partial charge in [-0.15, -0.1) is 11.6 Å². The molecule has 0 bridgehead atoms. The standard InChI is InChI=1S/C22H38ClP.Pd/c1-2-3-17-22(18-11-10-16-21(22)23)24(19-12-6-4-7-13-19)20-14-8-5-9-15-20;/h2-3,19-21H,4-18H2,1H3;/q;+2. The zero-order valence-electron chi connectivity index (χ0n) is 16.1. The largest absolute Gasteiger partial charge is 2.00 e. The third-order valence-corrected chi connectivity index (χ3v) is 12.2. The number of hydrogen-bond donors (Lipinski definition) is 0. The van der Waals surface area contributed by atoms with Gasteiger partial charge in [0.1, 0.15) is 0 Å². The van der Waals surface area contributed by atoms with Crippen molar-refractivity contribution in [3.63, 3.8) is 0 Å². The fourth-order valence-corrected chi connectivity index (χ4v) is 11.6. The molecule has 3 rings (SSSR count). The van der Waals surface area contributed by atoms with Crippen LogP contribution in [0, 0.1) is 0 Å². The van der Waals surface area contributed by atoms with E-state index in [0.717, 1.165) is 11.3 Å². The van der Waals surface area contributed by atoms with Gasteiger partial charge in [-0.05, 0) is 63.2 Å². The van der Waals surface area contributed by atoms with Crippen LogP contribution in [-0.2, 0) is 20.4 Å². The van der Waals surface area contributed by atoms with Crippen LogP contribution in [0.4, 0.5) is 0 Å². The van der Waals surface area contributed by atoms with Crippen molar-refractivity contribution in [2.45, 2.75) is 125 Å². The first kappa shape index (κ1) is 22.4. The van der Waals surface area contributed by atoms with Gasteiger partial charge in [-0.1, -0.05) is 71.4 Å². The summed E-state index contributed by atoms with van der Waals surface area (Å²) in [6.45, 7) is 2.20. The molecule has 0 amide bonds. The van der Waals surface area contributed by atoms with E-state index in [1.807, 2.05) is 0 Å². The van der Waals surface area contributed by atoms with E-state index in [1.165, 1.54) is 96.3 Å². The van der Waals surface area contributed by atoms with Crippen LogP contribution < -0.4 is 0 Å². The topological polar surface area (TPSA) is 0 Å². The van der Waals surface area contributed by atoms with Gasteiger partial charge in [0.05, 0.1) is 0 Å². The molecule has 0 aromatic rings. The molecule has 2 unspecified atom stereocenters. The first-order valence-corrected chi connectivity index (χ1v) is 12.7. The van der Waals surface area contributed by atoms with Crippen molar-refractivity contribution in [1.82, 2.24) is 0 Å². The Morgan fingerprint density at radius 2 is 1.36 bits per heavy atom. The van der Waals surface area contributed by atoms with Gasteiger partial charge in [-0.25, -0.2) is 0 Å². The number of hydrogen-bond acceptors (Lipinski definition) is 0. The average molecular weight is 475 g/mol. The molecular weight excluding hydrogens is 437 g/mol. The predicted molar refractivity (Wildman–Crippen MR) is 111 cm³/mol. The second-order valence-electron chi connectivity index (χ2n) is 8.58. The molecule has 0 saturated heterocycles. The van der Waals surface area contributed by atoms with Crippen LogP contribution in [0.3, 0.4) is 0 Å². The van der Waals surface area contributed by atoms with Crippen molar-refractivity contribution in [2.24, 2.45) is 0 Å². The molecule has 0 radical (unpaired) electrons. The van der Waals surface area contributed by atoms with Gasteiger partial charge in [0.2, 0.25) is 0 Å². The smallest absolute Gasteiger partial charge is 0.122 e. The zero-order valence-corrected chi connectivity index (χ0v) is 19.3. The van der Waals surface area contributed by atoms with E-state index in [4.69, 9.17) is 11.6 Å². The molecule has 0 aliphatic heterocycles. The van der Waals surface area contributed by atoms with Crippen LogP contribution >= 0.6 is 19.5 Å². The summed E-state index contributed by atoms with van der Waals surface area (Å²) in [5, 5.41) is 0.906. The van der Waals surface area contributed by atoms with Crippen molar-refractivity contribution >= 4 is 19.5 Å². The Bertz CT molecular complexity index is 383. The molecule has 0 heterocycles. The molecule has 3 saturated carbocycles.